The van der Waals surface area contributed by atoms with Gasteiger partial charge >= 0.3 is 0 Å². The number of anilines is 1. The summed E-state index contributed by atoms with van der Waals surface area (Å²) in [4.78, 5) is 23.2. The number of hydrogen-bond donors (Lipinski definition) is 2. The van der Waals surface area contributed by atoms with Gasteiger partial charge in [0, 0.05) is 12.3 Å². The smallest absolute Gasteiger partial charge is 0.256 e. The summed E-state index contributed by atoms with van der Waals surface area (Å²) < 4.78 is 10.9. The number of nitrogens with one attached hydrogen (secondary N) is 1. The summed E-state index contributed by atoms with van der Waals surface area (Å²) in [6, 6.07) is 6.76. The highest BCUT2D eigenvalue weighted by Gasteiger charge is 2.33. The summed E-state index contributed by atoms with van der Waals surface area (Å²) in [5.74, 6) is -0.190. The molecule has 0 aliphatic carbocycles. The lowest BCUT2D eigenvalue weighted by Crippen LogP contribution is -2.43. The monoisotopic (exact) mass is 322 g/mol. The van der Waals surface area contributed by atoms with Gasteiger partial charge in [-0.05, 0) is 44.0 Å². The minimum atomic E-state index is -0.841. The van der Waals surface area contributed by atoms with Gasteiger partial charge in [-0.3, -0.25) is 9.59 Å². The Morgan fingerprint density at radius 2 is 1.83 bits per heavy atom. The second-order valence-electron chi connectivity index (χ2n) is 5.56. The fourth-order valence-electron chi connectivity index (χ4n) is 2.11. The number of benzene rings is 1. The highest BCUT2D eigenvalue weighted by Crippen LogP contribution is 2.22. The number of carbonyl (C=O) groups excluding carboxylic acids is 2. The molecule has 0 spiro atoms. The quantitative estimate of drug-likeness (QED) is 0.692. The molecule has 6 nitrogen and oxygen atoms in total. The van der Waals surface area contributed by atoms with Crippen LogP contribution in [0.25, 0.3) is 0 Å². The van der Waals surface area contributed by atoms with Gasteiger partial charge in [0.15, 0.2) is 6.61 Å². The molecule has 0 aliphatic rings. The second-order valence-corrected chi connectivity index (χ2v) is 5.56. The van der Waals surface area contributed by atoms with Crippen LogP contribution in [-0.2, 0) is 14.3 Å². The molecular formula is C17H26N2O4. The van der Waals surface area contributed by atoms with Crippen LogP contribution in [0.4, 0.5) is 5.69 Å². The van der Waals surface area contributed by atoms with Gasteiger partial charge in [0.1, 0.15) is 11.4 Å². The molecule has 0 bridgehead atoms. The fraction of sp³-hybridized carbons (Fsp3) is 0.529. The largest absolute Gasteiger partial charge is 0.484 e. The van der Waals surface area contributed by atoms with Crippen molar-refractivity contribution in [2.45, 2.75) is 45.6 Å². The molecule has 128 valence electrons. The lowest BCUT2D eigenvalue weighted by atomic mass is 9.99. The van der Waals surface area contributed by atoms with Gasteiger partial charge in [-0.1, -0.05) is 20.3 Å². The van der Waals surface area contributed by atoms with Crippen molar-refractivity contribution >= 4 is 17.5 Å². The van der Waals surface area contributed by atoms with E-state index in [4.69, 9.17) is 15.2 Å². The van der Waals surface area contributed by atoms with E-state index in [-0.39, 0.29) is 12.5 Å². The number of rotatable bonds is 10. The van der Waals surface area contributed by atoms with Gasteiger partial charge in [0.05, 0.1) is 0 Å². The van der Waals surface area contributed by atoms with Crippen LogP contribution in [0.1, 0.15) is 40.0 Å². The second kappa shape index (κ2) is 9.15. The molecule has 0 aromatic heterocycles. The Morgan fingerprint density at radius 1 is 1.17 bits per heavy atom. The first-order valence-corrected chi connectivity index (χ1v) is 7.88. The maximum atomic E-state index is 12.5. The Morgan fingerprint density at radius 3 is 2.35 bits per heavy atom. The number of primary amides is 1. The minimum Gasteiger partial charge on any atom is -0.484 e. The van der Waals surface area contributed by atoms with Crippen LogP contribution >= 0.6 is 0 Å². The Hall–Kier alpha value is -2.08. The maximum absolute atomic E-state index is 12.5. The molecule has 6 heteroatoms. The zero-order valence-corrected chi connectivity index (χ0v) is 14.1. The van der Waals surface area contributed by atoms with Crippen molar-refractivity contribution in [3.63, 3.8) is 0 Å². The van der Waals surface area contributed by atoms with E-state index >= 15 is 0 Å². The van der Waals surface area contributed by atoms with Crippen LogP contribution in [0.5, 0.6) is 5.75 Å². The van der Waals surface area contributed by atoms with E-state index in [0.29, 0.717) is 24.5 Å². The van der Waals surface area contributed by atoms with E-state index in [1.54, 1.807) is 24.3 Å². The van der Waals surface area contributed by atoms with E-state index in [1.807, 2.05) is 20.8 Å². The van der Waals surface area contributed by atoms with Crippen LogP contribution in [-0.4, -0.2) is 30.6 Å². The lowest BCUT2D eigenvalue weighted by Gasteiger charge is -2.28. The molecule has 0 fully saturated rings. The first-order chi connectivity index (χ1) is 10.9. The Bertz CT molecular complexity index is 516. The van der Waals surface area contributed by atoms with Gasteiger partial charge in [0.25, 0.3) is 11.8 Å². The third kappa shape index (κ3) is 6.28. The summed E-state index contributed by atoms with van der Waals surface area (Å²) in [5.41, 5.74) is 4.82. The molecule has 0 saturated heterocycles. The van der Waals surface area contributed by atoms with Gasteiger partial charge in [-0.15, -0.1) is 0 Å². The highest BCUT2D eigenvalue weighted by molar-refractivity contribution is 5.97. The van der Waals surface area contributed by atoms with Crippen LogP contribution in [0.15, 0.2) is 24.3 Å². The summed E-state index contributed by atoms with van der Waals surface area (Å²) in [6.45, 7) is 6.21. The zero-order valence-electron chi connectivity index (χ0n) is 14.1. The number of nitrogens with two attached hydrogens (primary N) is 1. The molecule has 1 atom stereocenters. The average Bonchev–Trinajstić information content (AvgIpc) is 2.52. The molecule has 2 amide bonds. The van der Waals surface area contributed by atoms with Crippen molar-refractivity contribution in [1.29, 1.82) is 0 Å². The van der Waals surface area contributed by atoms with Crippen molar-refractivity contribution in [3.05, 3.63) is 24.3 Å². The van der Waals surface area contributed by atoms with Crippen molar-refractivity contribution in [2.75, 3.05) is 18.5 Å². The SMILES string of the molecule is CCCO[C@](C)(CCC)C(=O)Nc1ccc(OCC(N)=O)cc1. The molecule has 1 aromatic rings. The topological polar surface area (TPSA) is 90.7 Å². The van der Waals surface area contributed by atoms with Crippen LogP contribution in [0, 0.1) is 0 Å². The number of ether oxygens (including phenoxy) is 2. The maximum Gasteiger partial charge on any atom is 0.256 e. The molecule has 0 unspecified atom stereocenters. The molecule has 0 radical (unpaired) electrons. The van der Waals surface area contributed by atoms with Crippen molar-refractivity contribution in [3.8, 4) is 5.75 Å². The number of amides is 2. The molecule has 23 heavy (non-hydrogen) atoms. The molecule has 3 N–H and O–H groups in total. The number of hydrogen-bond acceptors (Lipinski definition) is 4. The van der Waals surface area contributed by atoms with Gasteiger partial charge in [0.2, 0.25) is 0 Å². The van der Waals surface area contributed by atoms with Gasteiger partial charge < -0.3 is 20.5 Å². The molecule has 1 aromatic carbocycles. The van der Waals surface area contributed by atoms with Crippen LogP contribution in [0.3, 0.4) is 0 Å². The summed E-state index contributed by atoms with van der Waals surface area (Å²) >= 11 is 0. The van der Waals surface area contributed by atoms with E-state index in [2.05, 4.69) is 5.32 Å². The lowest BCUT2D eigenvalue weighted by molar-refractivity contribution is -0.140. The first-order valence-electron chi connectivity index (χ1n) is 7.88. The predicted octanol–water partition coefficient (Wildman–Crippen LogP) is 2.47. The van der Waals surface area contributed by atoms with E-state index in [9.17, 15) is 9.59 Å². The van der Waals surface area contributed by atoms with Crippen LogP contribution < -0.4 is 15.8 Å². The third-order valence-corrected chi connectivity index (χ3v) is 3.33. The standard InChI is InChI=1S/C17H26N2O4/c1-4-10-17(3,23-11-5-2)16(21)19-13-6-8-14(9-7-13)22-12-15(18)20/h6-9H,4-5,10-12H2,1-3H3,(H2,18,20)(H,19,21)/t17-/m1/s1. The van der Waals surface area contributed by atoms with E-state index in [0.717, 1.165) is 12.8 Å². The molecule has 0 aliphatic heterocycles. The predicted molar refractivity (Wildman–Crippen MR) is 89.3 cm³/mol. The number of carbonyl (C=O) groups is 2. The average molecular weight is 322 g/mol. The van der Waals surface area contributed by atoms with E-state index < -0.39 is 11.5 Å². The van der Waals surface area contributed by atoms with Crippen molar-refractivity contribution < 1.29 is 19.1 Å². The zero-order chi connectivity index (χ0) is 17.3. The first kappa shape index (κ1) is 19.0. The Kier molecular flexibility index (Phi) is 7.54. The minimum absolute atomic E-state index is 0.168. The Labute approximate surface area is 137 Å². The molecular weight excluding hydrogens is 296 g/mol. The molecule has 1 rings (SSSR count). The van der Waals surface area contributed by atoms with Gasteiger partial charge in [-0.2, -0.15) is 0 Å². The summed E-state index contributed by atoms with van der Waals surface area (Å²) in [5, 5.41) is 2.86. The summed E-state index contributed by atoms with van der Waals surface area (Å²) in [7, 11) is 0. The third-order valence-electron chi connectivity index (χ3n) is 3.33. The Balaban J connectivity index is 2.68. The normalized spacial score (nSPS) is 13.2. The van der Waals surface area contributed by atoms with Crippen LogP contribution in [0.2, 0.25) is 0 Å². The molecule has 0 heterocycles. The van der Waals surface area contributed by atoms with Gasteiger partial charge in [-0.25, -0.2) is 0 Å². The van der Waals surface area contributed by atoms with Crippen molar-refractivity contribution in [2.24, 2.45) is 5.73 Å². The highest BCUT2D eigenvalue weighted by atomic mass is 16.5. The summed E-state index contributed by atoms with van der Waals surface area (Å²) in [6.07, 6.45) is 2.37. The fourth-order valence-corrected chi connectivity index (χ4v) is 2.11. The van der Waals surface area contributed by atoms with E-state index in [1.165, 1.54) is 0 Å². The molecule has 0 saturated carbocycles. The van der Waals surface area contributed by atoms with Crippen molar-refractivity contribution in [1.82, 2.24) is 0 Å².